The third-order valence-electron chi connectivity index (χ3n) is 3.12. The first-order valence-corrected chi connectivity index (χ1v) is 5.97. The van der Waals surface area contributed by atoms with E-state index < -0.39 is 0 Å². The molecular formula is C15H12N2O2. The van der Waals surface area contributed by atoms with Crippen molar-refractivity contribution in [3.05, 3.63) is 70.3 Å². The van der Waals surface area contributed by atoms with Crippen molar-refractivity contribution in [2.75, 3.05) is 0 Å². The molecule has 4 heteroatoms. The zero-order chi connectivity index (χ0) is 13.2. The van der Waals surface area contributed by atoms with Gasteiger partial charge in [-0.05, 0) is 16.3 Å². The normalized spacial score (nSPS) is 10.7. The molecule has 0 spiro atoms. The minimum Gasteiger partial charge on any atom is -0.493 e. The summed E-state index contributed by atoms with van der Waals surface area (Å²) in [6.07, 6.45) is 1.56. The summed E-state index contributed by atoms with van der Waals surface area (Å²) in [5.74, 6) is -0.211. The van der Waals surface area contributed by atoms with Gasteiger partial charge in [-0.3, -0.25) is 4.79 Å². The van der Waals surface area contributed by atoms with Gasteiger partial charge in [0.2, 0.25) is 5.88 Å². The van der Waals surface area contributed by atoms with Gasteiger partial charge in [0.25, 0.3) is 5.56 Å². The fourth-order valence-corrected chi connectivity index (χ4v) is 2.13. The Morgan fingerprint density at radius 1 is 1.11 bits per heavy atom. The van der Waals surface area contributed by atoms with Crippen LogP contribution in [-0.4, -0.2) is 15.1 Å². The van der Waals surface area contributed by atoms with Crippen LogP contribution in [0, 0.1) is 0 Å². The standard InChI is InChI=1S/C15H12N2O2/c18-14-13(15(19)17-9-16-14)8-10-5-6-11-3-1-2-4-12(11)7-10/h1-7,9H,8H2,(H2,16,17,18,19). The maximum absolute atomic E-state index is 11.7. The number of hydrogen-bond acceptors (Lipinski definition) is 3. The second-order valence-electron chi connectivity index (χ2n) is 4.39. The lowest BCUT2D eigenvalue weighted by molar-refractivity contribution is 0.444. The third-order valence-corrected chi connectivity index (χ3v) is 3.12. The van der Waals surface area contributed by atoms with E-state index >= 15 is 0 Å². The molecule has 0 bridgehead atoms. The fraction of sp³-hybridized carbons (Fsp3) is 0.0667. The van der Waals surface area contributed by atoms with Gasteiger partial charge < -0.3 is 10.1 Å². The highest BCUT2D eigenvalue weighted by Crippen LogP contribution is 2.19. The number of nitrogens with one attached hydrogen (secondary N) is 1. The van der Waals surface area contributed by atoms with Crippen molar-refractivity contribution in [3.63, 3.8) is 0 Å². The SMILES string of the molecule is O=c1[nH]cnc(O)c1Cc1ccc2ccccc2c1. The molecular weight excluding hydrogens is 240 g/mol. The van der Waals surface area contributed by atoms with Gasteiger partial charge in [-0.1, -0.05) is 42.5 Å². The van der Waals surface area contributed by atoms with Crippen molar-refractivity contribution in [2.45, 2.75) is 6.42 Å². The summed E-state index contributed by atoms with van der Waals surface area (Å²) in [4.78, 5) is 17.8. The Kier molecular flexibility index (Phi) is 2.76. The molecule has 0 aliphatic heterocycles. The first kappa shape index (κ1) is 11.5. The molecule has 0 saturated heterocycles. The summed E-state index contributed by atoms with van der Waals surface area (Å²) in [6.45, 7) is 0. The van der Waals surface area contributed by atoms with Crippen molar-refractivity contribution in [1.82, 2.24) is 9.97 Å². The molecule has 0 aliphatic carbocycles. The van der Waals surface area contributed by atoms with E-state index in [2.05, 4.69) is 9.97 Å². The molecule has 0 atom stereocenters. The van der Waals surface area contributed by atoms with Crippen LogP contribution in [-0.2, 0) is 6.42 Å². The summed E-state index contributed by atoms with van der Waals surface area (Å²) in [6, 6.07) is 14.0. The van der Waals surface area contributed by atoms with Gasteiger partial charge in [-0.25, -0.2) is 4.98 Å². The summed E-state index contributed by atoms with van der Waals surface area (Å²) >= 11 is 0. The number of nitrogens with zero attached hydrogens (tertiary/aromatic N) is 1. The molecule has 0 aliphatic rings. The van der Waals surface area contributed by atoms with Gasteiger partial charge >= 0.3 is 0 Å². The molecule has 2 N–H and O–H groups in total. The highest BCUT2D eigenvalue weighted by Gasteiger charge is 2.08. The minimum atomic E-state index is -0.305. The molecule has 1 heterocycles. The van der Waals surface area contributed by atoms with Gasteiger partial charge in [0.15, 0.2) is 0 Å². The Bertz CT molecular complexity index is 793. The number of aromatic nitrogens is 2. The quantitative estimate of drug-likeness (QED) is 0.735. The van der Waals surface area contributed by atoms with Gasteiger partial charge in [0.05, 0.1) is 11.9 Å². The fourth-order valence-electron chi connectivity index (χ4n) is 2.13. The smallest absolute Gasteiger partial charge is 0.258 e. The van der Waals surface area contributed by atoms with Gasteiger partial charge in [0.1, 0.15) is 0 Å². The van der Waals surface area contributed by atoms with Crippen LogP contribution >= 0.6 is 0 Å². The number of aromatic hydroxyl groups is 1. The monoisotopic (exact) mass is 252 g/mol. The zero-order valence-electron chi connectivity index (χ0n) is 10.1. The molecule has 0 fully saturated rings. The number of hydrogen-bond donors (Lipinski definition) is 2. The Balaban J connectivity index is 2.04. The topological polar surface area (TPSA) is 66.0 Å². The number of fused-ring (bicyclic) bond motifs is 1. The summed E-state index contributed by atoms with van der Waals surface area (Å²) in [5, 5.41) is 11.9. The average molecular weight is 252 g/mol. The lowest BCUT2D eigenvalue weighted by Crippen LogP contribution is -2.13. The van der Waals surface area contributed by atoms with Gasteiger partial charge in [-0.15, -0.1) is 0 Å². The zero-order valence-corrected chi connectivity index (χ0v) is 10.1. The summed E-state index contributed by atoms with van der Waals surface area (Å²) in [5.41, 5.74) is 0.950. The number of rotatable bonds is 2. The summed E-state index contributed by atoms with van der Waals surface area (Å²) < 4.78 is 0. The van der Waals surface area contributed by atoms with Crippen LogP contribution in [0.25, 0.3) is 10.8 Å². The Labute approximate surface area is 109 Å². The molecule has 0 saturated carbocycles. The van der Waals surface area contributed by atoms with E-state index in [1.165, 1.54) is 6.33 Å². The van der Waals surface area contributed by atoms with E-state index in [0.29, 0.717) is 6.42 Å². The van der Waals surface area contributed by atoms with Crippen LogP contribution in [0.15, 0.2) is 53.6 Å². The maximum atomic E-state index is 11.7. The van der Waals surface area contributed by atoms with E-state index in [4.69, 9.17) is 0 Å². The van der Waals surface area contributed by atoms with Crippen LogP contribution in [0.1, 0.15) is 11.1 Å². The maximum Gasteiger partial charge on any atom is 0.258 e. The van der Waals surface area contributed by atoms with E-state index in [1.54, 1.807) is 0 Å². The lowest BCUT2D eigenvalue weighted by atomic mass is 10.0. The number of H-pyrrole nitrogens is 1. The second kappa shape index (κ2) is 4.57. The van der Waals surface area contributed by atoms with Gasteiger partial charge in [-0.2, -0.15) is 0 Å². The van der Waals surface area contributed by atoms with Crippen molar-refractivity contribution in [2.24, 2.45) is 0 Å². The average Bonchev–Trinajstić information content (AvgIpc) is 2.43. The molecule has 0 amide bonds. The second-order valence-corrected chi connectivity index (χ2v) is 4.39. The van der Waals surface area contributed by atoms with Crippen molar-refractivity contribution in [3.8, 4) is 5.88 Å². The van der Waals surface area contributed by atoms with E-state index in [-0.39, 0.29) is 17.0 Å². The summed E-state index contributed by atoms with van der Waals surface area (Å²) in [7, 11) is 0. The first-order chi connectivity index (χ1) is 9.24. The Morgan fingerprint density at radius 2 is 1.89 bits per heavy atom. The molecule has 1 aromatic heterocycles. The van der Waals surface area contributed by atoms with Crippen LogP contribution in [0.2, 0.25) is 0 Å². The molecule has 0 unspecified atom stereocenters. The van der Waals surface area contributed by atoms with E-state index in [9.17, 15) is 9.90 Å². The number of aromatic amines is 1. The molecule has 0 radical (unpaired) electrons. The Morgan fingerprint density at radius 3 is 2.68 bits per heavy atom. The molecule has 19 heavy (non-hydrogen) atoms. The van der Waals surface area contributed by atoms with Crippen molar-refractivity contribution in [1.29, 1.82) is 0 Å². The predicted octanol–water partition coefficient (Wildman–Crippen LogP) is 2.22. The van der Waals surface area contributed by atoms with E-state index in [0.717, 1.165) is 16.3 Å². The first-order valence-electron chi connectivity index (χ1n) is 5.97. The number of benzene rings is 2. The van der Waals surface area contributed by atoms with Crippen LogP contribution < -0.4 is 5.56 Å². The van der Waals surface area contributed by atoms with Crippen LogP contribution in [0.4, 0.5) is 0 Å². The third kappa shape index (κ3) is 2.20. The largest absolute Gasteiger partial charge is 0.493 e. The molecule has 4 nitrogen and oxygen atoms in total. The van der Waals surface area contributed by atoms with Crippen LogP contribution in [0.3, 0.4) is 0 Å². The minimum absolute atomic E-state index is 0.211. The highest BCUT2D eigenvalue weighted by atomic mass is 16.3. The van der Waals surface area contributed by atoms with Crippen molar-refractivity contribution >= 4 is 10.8 Å². The van der Waals surface area contributed by atoms with E-state index in [1.807, 2.05) is 42.5 Å². The van der Waals surface area contributed by atoms with Crippen LogP contribution in [0.5, 0.6) is 5.88 Å². The molecule has 94 valence electrons. The predicted molar refractivity (Wildman–Crippen MR) is 73.3 cm³/mol. The highest BCUT2D eigenvalue weighted by molar-refractivity contribution is 5.83. The molecule has 3 aromatic rings. The molecule has 2 aromatic carbocycles. The molecule has 3 rings (SSSR count). The van der Waals surface area contributed by atoms with Crippen molar-refractivity contribution < 1.29 is 5.11 Å². The lowest BCUT2D eigenvalue weighted by Gasteiger charge is -2.04. The Hall–Kier alpha value is -2.62. The van der Waals surface area contributed by atoms with Gasteiger partial charge in [0, 0.05) is 6.42 Å².